The second kappa shape index (κ2) is 2.47. The Labute approximate surface area is 65.8 Å². The zero-order chi connectivity index (χ0) is 7.68. The Morgan fingerprint density at radius 2 is 2.18 bits per heavy atom. The highest BCUT2D eigenvalue weighted by Gasteiger charge is 2.11. The number of rotatable bonds is 0. The first kappa shape index (κ1) is 6.55. The van der Waals surface area contributed by atoms with Crippen molar-refractivity contribution in [3.63, 3.8) is 0 Å². The number of benzene rings is 1. The second-order valence-electron chi connectivity index (χ2n) is 2.73. The standard InChI is InChI=1S/C9H10N2/c10-9-6-11-5-7-3-1-2-4-8(7)9/h1-5,9H,6,10H2. The fraction of sp³-hybridized carbons (Fsp3) is 0.222. The number of nitrogens with zero attached hydrogens (tertiary/aromatic N) is 1. The van der Waals surface area contributed by atoms with Crippen LogP contribution in [0.4, 0.5) is 0 Å². The molecule has 0 aromatic heterocycles. The number of aliphatic imine (C=N–C) groups is 1. The van der Waals surface area contributed by atoms with Gasteiger partial charge in [0.05, 0.1) is 6.54 Å². The van der Waals surface area contributed by atoms with Crippen molar-refractivity contribution in [3.8, 4) is 0 Å². The molecule has 0 saturated heterocycles. The van der Waals surface area contributed by atoms with E-state index in [0.29, 0.717) is 0 Å². The van der Waals surface area contributed by atoms with Crippen LogP contribution in [0.5, 0.6) is 0 Å². The molecule has 2 nitrogen and oxygen atoms in total. The first-order chi connectivity index (χ1) is 5.38. The Morgan fingerprint density at radius 3 is 3.00 bits per heavy atom. The van der Waals surface area contributed by atoms with Gasteiger partial charge in [0.2, 0.25) is 0 Å². The van der Waals surface area contributed by atoms with Crippen LogP contribution >= 0.6 is 0 Å². The molecule has 0 saturated carbocycles. The van der Waals surface area contributed by atoms with E-state index in [0.717, 1.165) is 12.1 Å². The van der Waals surface area contributed by atoms with E-state index >= 15 is 0 Å². The number of fused-ring (bicyclic) bond motifs is 1. The molecule has 0 aliphatic carbocycles. The van der Waals surface area contributed by atoms with Gasteiger partial charge in [0.1, 0.15) is 0 Å². The maximum absolute atomic E-state index is 5.83. The predicted molar refractivity (Wildman–Crippen MR) is 45.8 cm³/mol. The first-order valence-corrected chi connectivity index (χ1v) is 3.72. The molecule has 2 heteroatoms. The lowest BCUT2D eigenvalue weighted by molar-refractivity contribution is 0.729. The lowest BCUT2D eigenvalue weighted by Gasteiger charge is -2.15. The highest BCUT2D eigenvalue weighted by molar-refractivity contribution is 5.83. The van der Waals surface area contributed by atoms with Crippen LogP contribution in [0.1, 0.15) is 17.2 Å². The number of nitrogens with two attached hydrogens (primary N) is 1. The van der Waals surface area contributed by atoms with E-state index in [1.165, 1.54) is 5.56 Å². The molecule has 1 aliphatic rings. The van der Waals surface area contributed by atoms with Crippen LogP contribution in [-0.2, 0) is 0 Å². The molecule has 1 aromatic rings. The monoisotopic (exact) mass is 146 g/mol. The number of hydrogen-bond donors (Lipinski definition) is 1. The third-order valence-corrected chi connectivity index (χ3v) is 1.93. The molecular formula is C9H10N2. The van der Waals surface area contributed by atoms with Crippen molar-refractivity contribution in [1.82, 2.24) is 0 Å². The quantitative estimate of drug-likeness (QED) is 0.585. The van der Waals surface area contributed by atoms with Gasteiger partial charge < -0.3 is 5.73 Å². The average Bonchev–Trinajstić information content (AvgIpc) is 2.06. The minimum Gasteiger partial charge on any atom is -0.322 e. The maximum atomic E-state index is 5.83. The van der Waals surface area contributed by atoms with Crippen molar-refractivity contribution < 1.29 is 0 Å². The number of hydrogen-bond acceptors (Lipinski definition) is 2. The molecule has 56 valence electrons. The van der Waals surface area contributed by atoms with Crippen molar-refractivity contribution in [2.75, 3.05) is 6.54 Å². The van der Waals surface area contributed by atoms with E-state index in [2.05, 4.69) is 11.1 Å². The smallest absolute Gasteiger partial charge is 0.0583 e. The molecule has 1 unspecified atom stereocenters. The minimum atomic E-state index is 0.0937. The molecule has 2 N–H and O–H groups in total. The molecule has 0 radical (unpaired) electrons. The largest absolute Gasteiger partial charge is 0.322 e. The Hall–Kier alpha value is -1.15. The summed E-state index contributed by atoms with van der Waals surface area (Å²) >= 11 is 0. The van der Waals surface area contributed by atoms with Crippen molar-refractivity contribution >= 4 is 6.21 Å². The summed E-state index contributed by atoms with van der Waals surface area (Å²) in [5.74, 6) is 0. The van der Waals surface area contributed by atoms with Gasteiger partial charge in [-0.2, -0.15) is 0 Å². The SMILES string of the molecule is NC1CN=Cc2ccccc21. The summed E-state index contributed by atoms with van der Waals surface area (Å²) in [6.45, 7) is 0.719. The summed E-state index contributed by atoms with van der Waals surface area (Å²) in [4.78, 5) is 4.15. The fourth-order valence-corrected chi connectivity index (χ4v) is 1.33. The topological polar surface area (TPSA) is 38.4 Å². The highest BCUT2D eigenvalue weighted by Crippen LogP contribution is 2.17. The first-order valence-electron chi connectivity index (χ1n) is 3.72. The van der Waals surface area contributed by atoms with E-state index in [4.69, 9.17) is 5.73 Å². The zero-order valence-corrected chi connectivity index (χ0v) is 6.20. The highest BCUT2D eigenvalue weighted by atomic mass is 14.8. The van der Waals surface area contributed by atoms with Gasteiger partial charge in [-0.3, -0.25) is 4.99 Å². The Kier molecular flexibility index (Phi) is 1.47. The Bertz CT molecular complexity index is 291. The van der Waals surface area contributed by atoms with Crippen LogP contribution in [0.2, 0.25) is 0 Å². The average molecular weight is 146 g/mol. The van der Waals surface area contributed by atoms with Gasteiger partial charge in [0.25, 0.3) is 0 Å². The van der Waals surface area contributed by atoms with Crippen LogP contribution in [0.25, 0.3) is 0 Å². The lowest BCUT2D eigenvalue weighted by Crippen LogP contribution is -2.18. The molecule has 0 spiro atoms. The molecular weight excluding hydrogens is 136 g/mol. The van der Waals surface area contributed by atoms with Crippen molar-refractivity contribution in [2.24, 2.45) is 10.7 Å². The summed E-state index contributed by atoms with van der Waals surface area (Å²) in [7, 11) is 0. The minimum absolute atomic E-state index is 0.0937. The van der Waals surface area contributed by atoms with Gasteiger partial charge >= 0.3 is 0 Å². The third kappa shape index (κ3) is 1.05. The molecule has 0 amide bonds. The molecule has 0 fully saturated rings. The molecule has 2 rings (SSSR count). The molecule has 0 bridgehead atoms. The van der Waals surface area contributed by atoms with E-state index < -0.39 is 0 Å². The van der Waals surface area contributed by atoms with E-state index in [9.17, 15) is 0 Å². The molecule has 1 atom stereocenters. The van der Waals surface area contributed by atoms with Gasteiger partial charge in [0.15, 0.2) is 0 Å². The molecule has 1 aliphatic heterocycles. The fourth-order valence-electron chi connectivity index (χ4n) is 1.33. The third-order valence-electron chi connectivity index (χ3n) is 1.93. The summed E-state index contributed by atoms with van der Waals surface area (Å²) in [5.41, 5.74) is 8.20. The normalized spacial score (nSPS) is 21.4. The lowest BCUT2D eigenvalue weighted by atomic mass is 10.00. The van der Waals surface area contributed by atoms with E-state index in [1.54, 1.807) is 0 Å². The van der Waals surface area contributed by atoms with E-state index in [-0.39, 0.29) is 6.04 Å². The van der Waals surface area contributed by atoms with Crippen molar-refractivity contribution in [1.29, 1.82) is 0 Å². The molecule has 1 heterocycles. The van der Waals surface area contributed by atoms with Crippen molar-refractivity contribution in [2.45, 2.75) is 6.04 Å². The summed E-state index contributed by atoms with van der Waals surface area (Å²) in [5, 5.41) is 0. The Morgan fingerprint density at radius 1 is 1.36 bits per heavy atom. The zero-order valence-electron chi connectivity index (χ0n) is 6.20. The van der Waals surface area contributed by atoms with Crippen molar-refractivity contribution in [3.05, 3.63) is 35.4 Å². The summed E-state index contributed by atoms with van der Waals surface area (Å²) in [6, 6.07) is 8.21. The van der Waals surface area contributed by atoms with Crippen LogP contribution in [0, 0.1) is 0 Å². The molecule has 11 heavy (non-hydrogen) atoms. The van der Waals surface area contributed by atoms with Gasteiger partial charge in [-0.05, 0) is 11.1 Å². The van der Waals surface area contributed by atoms with Crippen LogP contribution in [-0.4, -0.2) is 12.8 Å². The maximum Gasteiger partial charge on any atom is 0.0583 e. The predicted octanol–water partition coefficient (Wildman–Crippen LogP) is 1.12. The van der Waals surface area contributed by atoms with Crippen LogP contribution < -0.4 is 5.73 Å². The Balaban J connectivity index is 2.54. The second-order valence-corrected chi connectivity index (χ2v) is 2.73. The van der Waals surface area contributed by atoms with Gasteiger partial charge in [0, 0.05) is 12.3 Å². The van der Waals surface area contributed by atoms with Gasteiger partial charge in [-0.15, -0.1) is 0 Å². The molecule has 1 aromatic carbocycles. The summed E-state index contributed by atoms with van der Waals surface area (Å²) < 4.78 is 0. The van der Waals surface area contributed by atoms with E-state index in [1.807, 2.05) is 24.4 Å². The van der Waals surface area contributed by atoms with Crippen LogP contribution in [0.15, 0.2) is 29.3 Å². The van der Waals surface area contributed by atoms with Crippen LogP contribution in [0.3, 0.4) is 0 Å². The van der Waals surface area contributed by atoms with Gasteiger partial charge in [-0.1, -0.05) is 24.3 Å². The summed E-state index contributed by atoms with van der Waals surface area (Å²) in [6.07, 6.45) is 1.89. The van der Waals surface area contributed by atoms with Gasteiger partial charge in [-0.25, -0.2) is 0 Å².